The zero-order valence-electron chi connectivity index (χ0n) is 13.6. The van der Waals surface area contributed by atoms with Crippen molar-refractivity contribution in [3.63, 3.8) is 0 Å². The van der Waals surface area contributed by atoms with Crippen molar-refractivity contribution in [2.24, 2.45) is 5.92 Å². The molecule has 7 heteroatoms. The van der Waals surface area contributed by atoms with E-state index in [0.717, 1.165) is 59.6 Å². The molecule has 2 aromatic heterocycles. The molecule has 0 fully saturated rings. The molecule has 0 saturated carbocycles. The first kappa shape index (κ1) is 16.7. The zero-order valence-corrected chi connectivity index (χ0v) is 15.2. The van der Waals surface area contributed by atoms with E-state index in [0.29, 0.717) is 17.1 Å². The quantitative estimate of drug-likeness (QED) is 0.673. The lowest BCUT2D eigenvalue weighted by molar-refractivity contribution is 0.509. The van der Waals surface area contributed by atoms with Crippen LogP contribution in [0, 0.1) is 17.6 Å². The average molecular weight is 378 g/mol. The van der Waals surface area contributed by atoms with E-state index >= 15 is 0 Å². The molecule has 130 valence electrons. The second-order valence-corrected chi connectivity index (χ2v) is 8.51. The number of halogens is 2. The number of rotatable bonds is 3. The van der Waals surface area contributed by atoms with Crippen LogP contribution in [-0.2, 0) is 18.6 Å². The smallest absolute Gasteiger partial charge is 0.259 e. The summed E-state index contributed by atoms with van der Waals surface area (Å²) in [5.41, 5.74) is 1.01. The summed E-state index contributed by atoms with van der Waals surface area (Å²) in [7, 11) is 0. The Morgan fingerprint density at radius 3 is 3.08 bits per heavy atom. The van der Waals surface area contributed by atoms with Gasteiger partial charge in [0.05, 0.1) is 11.1 Å². The highest BCUT2D eigenvalue weighted by Gasteiger charge is 2.23. The highest BCUT2D eigenvalue weighted by molar-refractivity contribution is 7.98. The van der Waals surface area contributed by atoms with E-state index in [2.05, 4.69) is 16.9 Å². The highest BCUT2D eigenvalue weighted by Crippen LogP contribution is 2.36. The van der Waals surface area contributed by atoms with Gasteiger partial charge >= 0.3 is 0 Å². The van der Waals surface area contributed by atoms with E-state index in [-0.39, 0.29) is 16.2 Å². The molecule has 0 aliphatic heterocycles. The van der Waals surface area contributed by atoms with Crippen LogP contribution in [0.15, 0.2) is 27.9 Å². The summed E-state index contributed by atoms with van der Waals surface area (Å²) in [6.45, 7) is 2.22. The van der Waals surface area contributed by atoms with Crippen LogP contribution in [-0.4, -0.2) is 9.97 Å². The van der Waals surface area contributed by atoms with Gasteiger partial charge in [-0.15, -0.1) is 23.1 Å². The van der Waals surface area contributed by atoms with Crippen LogP contribution < -0.4 is 5.56 Å². The first-order valence-electron chi connectivity index (χ1n) is 8.12. The van der Waals surface area contributed by atoms with Crippen molar-refractivity contribution < 1.29 is 8.78 Å². The van der Waals surface area contributed by atoms with Crippen LogP contribution in [0.5, 0.6) is 0 Å². The van der Waals surface area contributed by atoms with Crippen molar-refractivity contribution in [2.45, 2.75) is 36.8 Å². The predicted octanol–water partition coefficient (Wildman–Crippen LogP) is 4.68. The standard InChI is InChI=1S/C18H16F2N2OS2/c1-9-2-4-11-13(6-9)25-18-16(11)17(23)21-15(22-18)8-24-14-7-10(19)3-5-12(14)20/h3,5,7,9H,2,4,6,8H2,1H3,(H,21,22,23)/t9-/m0/s1. The third-order valence-corrected chi connectivity index (χ3v) is 6.66. The molecular formula is C18H16F2N2OS2. The lowest BCUT2D eigenvalue weighted by atomic mass is 9.89. The monoisotopic (exact) mass is 378 g/mol. The normalized spacial score (nSPS) is 17.0. The third-order valence-electron chi connectivity index (χ3n) is 4.47. The first-order valence-corrected chi connectivity index (χ1v) is 9.92. The maximum absolute atomic E-state index is 13.7. The van der Waals surface area contributed by atoms with E-state index < -0.39 is 11.6 Å². The summed E-state index contributed by atoms with van der Waals surface area (Å²) in [5, 5.41) is 0.706. The van der Waals surface area contributed by atoms with Crippen LogP contribution in [0.3, 0.4) is 0 Å². The molecule has 0 radical (unpaired) electrons. The molecule has 1 aliphatic carbocycles. The van der Waals surface area contributed by atoms with Gasteiger partial charge < -0.3 is 4.98 Å². The first-order chi connectivity index (χ1) is 12.0. The van der Waals surface area contributed by atoms with Crippen LogP contribution in [0.1, 0.15) is 29.6 Å². The minimum absolute atomic E-state index is 0.132. The fourth-order valence-corrected chi connectivity index (χ4v) is 5.43. The van der Waals surface area contributed by atoms with E-state index in [1.807, 2.05) is 0 Å². The predicted molar refractivity (Wildman–Crippen MR) is 97.3 cm³/mol. The second-order valence-electron chi connectivity index (χ2n) is 6.41. The van der Waals surface area contributed by atoms with Gasteiger partial charge in [-0.3, -0.25) is 4.79 Å². The van der Waals surface area contributed by atoms with Crippen molar-refractivity contribution in [3.05, 3.63) is 56.5 Å². The second kappa shape index (κ2) is 6.53. The summed E-state index contributed by atoms with van der Waals surface area (Å²) < 4.78 is 27.0. The fraction of sp³-hybridized carbons (Fsp3) is 0.333. The Morgan fingerprint density at radius 2 is 2.24 bits per heavy atom. The molecule has 4 rings (SSSR count). The molecule has 3 aromatic rings. The van der Waals surface area contributed by atoms with Crippen molar-refractivity contribution in [2.75, 3.05) is 0 Å². The Kier molecular flexibility index (Phi) is 4.37. The number of benzene rings is 1. The number of hydrogen-bond donors (Lipinski definition) is 1. The molecule has 1 aromatic carbocycles. The van der Waals surface area contributed by atoms with Crippen LogP contribution >= 0.6 is 23.1 Å². The topological polar surface area (TPSA) is 45.8 Å². The molecule has 3 nitrogen and oxygen atoms in total. The van der Waals surface area contributed by atoms with Gasteiger partial charge in [0.2, 0.25) is 0 Å². The largest absolute Gasteiger partial charge is 0.309 e. The summed E-state index contributed by atoms with van der Waals surface area (Å²) in [5.74, 6) is 0.435. The number of thiophene rings is 1. The lowest BCUT2D eigenvalue weighted by Gasteiger charge is -2.17. The molecule has 1 aliphatic rings. The molecule has 1 N–H and O–H groups in total. The molecule has 0 spiro atoms. The summed E-state index contributed by atoms with van der Waals surface area (Å²) in [6, 6.07) is 3.34. The van der Waals surface area contributed by atoms with Crippen molar-refractivity contribution >= 4 is 33.3 Å². The van der Waals surface area contributed by atoms with E-state index in [4.69, 9.17) is 0 Å². The van der Waals surface area contributed by atoms with E-state index in [1.54, 1.807) is 11.3 Å². The molecule has 0 unspecified atom stereocenters. The van der Waals surface area contributed by atoms with Gasteiger partial charge in [0.25, 0.3) is 5.56 Å². The van der Waals surface area contributed by atoms with Gasteiger partial charge in [0, 0.05) is 9.77 Å². The molecule has 0 amide bonds. The van der Waals surface area contributed by atoms with Crippen LogP contribution in [0.4, 0.5) is 8.78 Å². The average Bonchev–Trinajstić information content (AvgIpc) is 2.93. The van der Waals surface area contributed by atoms with Gasteiger partial charge in [-0.1, -0.05) is 6.92 Å². The summed E-state index contributed by atoms with van der Waals surface area (Å²) in [4.78, 5) is 22.1. The van der Waals surface area contributed by atoms with Crippen LogP contribution in [0.2, 0.25) is 0 Å². The molecule has 25 heavy (non-hydrogen) atoms. The van der Waals surface area contributed by atoms with Gasteiger partial charge in [0.15, 0.2) is 0 Å². The number of nitrogens with zero attached hydrogens (tertiary/aromatic N) is 1. The number of aryl methyl sites for hydroxylation is 1. The van der Waals surface area contributed by atoms with Gasteiger partial charge in [-0.25, -0.2) is 13.8 Å². The van der Waals surface area contributed by atoms with Crippen molar-refractivity contribution in [1.82, 2.24) is 9.97 Å². The minimum Gasteiger partial charge on any atom is -0.309 e. The number of nitrogens with one attached hydrogen (secondary N) is 1. The maximum Gasteiger partial charge on any atom is 0.259 e. The van der Waals surface area contributed by atoms with Crippen LogP contribution in [0.25, 0.3) is 10.2 Å². The number of aromatic amines is 1. The number of thioether (sulfide) groups is 1. The van der Waals surface area contributed by atoms with E-state index in [1.165, 1.54) is 4.88 Å². The summed E-state index contributed by atoms with van der Waals surface area (Å²) >= 11 is 2.71. The van der Waals surface area contributed by atoms with Crippen molar-refractivity contribution in [1.29, 1.82) is 0 Å². The summed E-state index contributed by atoms with van der Waals surface area (Å²) in [6.07, 6.45) is 3.01. The number of hydrogen-bond acceptors (Lipinski definition) is 4. The van der Waals surface area contributed by atoms with Gasteiger partial charge in [-0.05, 0) is 48.9 Å². The molecule has 2 heterocycles. The Balaban J connectivity index is 1.65. The Bertz CT molecular complexity index is 1010. The zero-order chi connectivity index (χ0) is 17.6. The Labute approximate surface area is 151 Å². The maximum atomic E-state index is 13.7. The Morgan fingerprint density at radius 1 is 1.40 bits per heavy atom. The minimum atomic E-state index is -0.485. The molecular weight excluding hydrogens is 362 g/mol. The lowest BCUT2D eigenvalue weighted by Crippen LogP contribution is -2.14. The highest BCUT2D eigenvalue weighted by atomic mass is 32.2. The fourth-order valence-electron chi connectivity index (χ4n) is 3.20. The van der Waals surface area contributed by atoms with E-state index in [9.17, 15) is 13.6 Å². The molecule has 0 saturated heterocycles. The molecule has 1 atom stereocenters. The van der Waals surface area contributed by atoms with Crippen molar-refractivity contribution in [3.8, 4) is 0 Å². The van der Waals surface area contributed by atoms with Gasteiger partial charge in [-0.2, -0.15) is 0 Å². The number of fused-ring (bicyclic) bond motifs is 3. The number of H-pyrrole nitrogens is 1. The Hall–Kier alpha value is -1.73. The van der Waals surface area contributed by atoms with Gasteiger partial charge in [0.1, 0.15) is 22.3 Å². The SMILES string of the molecule is C[C@H]1CCc2c(sc3nc(CSc4cc(F)ccc4F)[nH]c(=O)c23)C1. The third kappa shape index (κ3) is 3.22. The molecule has 0 bridgehead atoms. The number of aromatic nitrogens is 2.